The fourth-order valence-electron chi connectivity index (χ4n) is 1.14. The summed E-state index contributed by atoms with van der Waals surface area (Å²) in [6, 6.07) is 6.84. The lowest BCUT2D eigenvalue weighted by atomic mass is 10.0. The molecule has 14 heavy (non-hydrogen) atoms. The Balaban J connectivity index is 3.00. The van der Waals surface area contributed by atoms with Crippen LogP contribution in [0.1, 0.15) is 19.4 Å². The molecule has 0 saturated carbocycles. The van der Waals surface area contributed by atoms with Gasteiger partial charge < -0.3 is 5.11 Å². The van der Waals surface area contributed by atoms with E-state index in [9.17, 15) is 9.90 Å². The zero-order valence-corrected chi connectivity index (χ0v) is 8.40. The Morgan fingerprint density at radius 2 is 2.14 bits per heavy atom. The predicted octanol–water partition coefficient (Wildman–Crippen LogP) is 2.63. The molecule has 0 unspecified atom stereocenters. The van der Waals surface area contributed by atoms with Gasteiger partial charge in [0, 0.05) is 0 Å². The third-order valence-electron chi connectivity index (χ3n) is 2.01. The average molecular weight is 190 g/mol. The summed E-state index contributed by atoms with van der Waals surface area (Å²) in [5, 5.41) is 9.22. The third kappa shape index (κ3) is 2.73. The zero-order chi connectivity index (χ0) is 10.6. The molecule has 0 radical (unpaired) electrons. The number of carbonyl (C=O) groups is 1. The lowest BCUT2D eigenvalue weighted by molar-refractivity contribution is -0.105. The van der Waals surface area contributed by atoms with Crippen molar-refractivity contribution >= 4 is 12.4 Å². The molecule has 1 N–H and O–H groups in total. The van der Waals surface area contributed by atoms with Crippen LogP contribution in [0.15, 0.2) is 29.8 Å². The van der Waals surface area contributed by atoms with E-state index in [0.29, 0.717) is 0 Å². The molecule has 0 amide bonds. The number of carbonyl (C=O) groups excluding carboxylic acids is 1. The van der Waals surface area contributed by atoms with Crippen LogP contribution in [0.4, 0.5) is 0 Å². The molecule has 0 aliphatic rings. The topological polar surface area (TPSA) is 37.3 Å². The molecule has 0 saturated heterocycles. The Morgan fingerprint density at radius 1 is 1.43 bits per heavy atom. The first-order chi connectivity index (χ1) is 6.63. The summed E-state index contributed by atoms with van der Waals surface area (Å²) in [4.78, 5) is 10.7. The summed E-state index contributed by atoms with van der Waals surface area (Å²) in [5.41, 5.74) is 1.58. The van der Waals surface area contributed by atoms with Crippen LogP contribution in [0.25, 0.3) is 6.08 Å². The van der Waals surface area contributed by atoms with Crippen LogP contribution in [-0.4, -0.2) is 11.4 Å². The molecule has 2 heteroatoms. The van der Waals surface area contributed by atoms with Gasteiger partial charge in [0.1, 0.15) is 12.0 Å². The molecular weight excluding hydrogens is 176 g/mol. The molecule has 1 aromatic rings. The standard InChI is InChI=1S/C12H14O2/c1-9(2)11(8-13)6-10-4-3-5-12(14)7-10/h3-9,14H,1-2H3/b11-6+. The summed E-state index contributed by atoms with van der Waals surface area (Å²) in [7, 11) is 0. The molecule has 0 atom stereocenters. The number of aldehydes is 1. The summed E-state index contributed by atoms with van der Waals surface area (Å²) in [5.74, 6) is 0.419. The normalized spacial score (nSPS) is 11.8. The van der Waals surface area contributed by atoms with Crippen LogP contribution < -0.4 is 0 Å². The molecule has 1 aromatic carbocycles. The minimum absolute atomic E-state index is 0.204. The van der Waals surface area contributed by atoms with Crippen molar-refractivity contribution in [3.05, 3.63) is 35.4 Å². The van der Waals surface area contributed by atoms with Gasteiger partial charge in [-0.3, -0.25) is 4.79 Å². The first kappa shape index (κ1) is 10.5. The second-order valence-corrected chi connectivity index (χ2v) is 3.51. The minimum atomic E-state index is 0.204. The highest BCUT2D eigenvalue weighted by Gasteiger charge is 2.01. The van der Waals surface area contributed by atoms with Gasteiger partial charge in [-0.05, 0) is 35.3 Å². The molecule has 2 nitrogen and oxygen atoms in total. The first-order valence-electron chi connectivity index (χ1n) is 4.59. The van der Waals surface area contributed by atoms with Gasteiger partial charge in [-0.1, -0.05) is 26.0 Å². The second kappa shape index (κ2) is 4.61. The number of phenolic OH excluding ortho intramolecular Hbond substituents is 1. The van der Waals surface area contributed by atoms with E-state index >= 15 is 0 Å². The van der Waals surface area contributed by atoms with E-state index in [1.165, 1.54) is 0 Å². The lowest BCUT2D eigenvalue weighted by Crippen LogP contribution is -1.94. The maximum atomic E-state index is 10.7. The van der Waals surface area contributed by atoms with Crippen molar-refractivity contribution in [2.24, 2.45) is 5.92 Å². The maximum Gasteiger partial charge on any atom is 0.146 e. The summed E-state index contributed by atoms with van der Waals surface area (Å²) < 4.78 is 0. The third-order valence-corrected chi connectivity index (χ3v) is 2.01. The summed E-state index contributed by atoms with van der Waals surface area (Å²) in [6.07, 6.45) is 2.64. The molecule has 0 aliphatic heterocycles. The molecule has 0 bridgehead atoms. The zero-order valence-electron chi connectivity index (χ0n) is 8.40. The number of rotatable bonds is 3. The SMILES string of the molecule is CC(C)/C(C=O)=C/c1cccc(O)c1. The Labute approximate surface area is 83.9 Å². The summed E-state index contributed by atoms with van der Waals surface area (Å²) >= 11 is 0. The van der Waals surface area contributed by atoms with Crippen molar-refractivity contribution in [2.45, 2.75) is 13.8 Å². The van der Waals surface area contributed by atoms with Gasteiger partial charge in [-0.2, -0.15) is 0 Å². The average Bonchev–Trinajstić information content (AvgIpc) is 2.14. The van der Waals surface area contributed by atoms with Gasteiger partial charge in [0.25, 0.3) is 0 Å². The number of aromatic hydroxyl groups is 1. The van der Waals surface area contributed by atoms with Crippen molar-refractivity contribution in [1.82, 2.24) is 0 Å². The van der Waals surface area contributed by atoms with Gasteiger partial charge in [0.15, 0.2) is 0 Å². The fraction of sp³-hybridized carbons (Fsp3) is 0.250. The quantitative estimate of drug-likeness (QED) is 0.587. The number of hydrogen-bond acceptors (Lipinski definition) is 2. The molecular formula is C12H14O2. The van der Waals surface area contributed by atoms with Gasteiger partial charge in [-0.15, -0.1) is 0 Å². The van der Waals surface area contributed by atoms with Crippen LogP contribution in [0.5, 0.6) is 5.75 Å². The summed E-state index contributed by atoms with van der Waals surface area (Å²) in [6.45, 7) is 3.92. The maximum absolute atomic E-state index is 10.7. The van der Waals surface area contributed by atoms with E-state index in [4.69, 9.17) is 0 Å². The number of allylic oxidation sites excluding steroid dienone is 1. The highest BCUT2D eigenvalue weighted by Crippen LogP contribution is 2.16. The van der Waals surface area contributed by atoms with Crippen LogP contribution in [0.3, 0.4) is 0 Å². The van der Waals surface area contributed by atoms with Gasteiger partial charge in [0.05, 0.1) is 0 Å². The first-order valence-corrected chi connectivity index (χ1v) is 4.59. The molecule has 1 rings (SSSR count). The lowest BCUT2D eigenvalue weighted by Gasteiger charge is -2.03. The van der Waals surface area contributed by atoms with Crippen molar-refractivity contribution in [1.29, 1.82) is 0 Å². The fourth-order valence-corrected chi connectivity index (χ4v) is 1.14. The Kier molecular flexibility index (Phi) is 3.46. The van der Waals surface area contributed by atoms with Crippen molar-refractivity contribution in [3.8, 4) is 5.75 Å². The van der Waals surface area contributed by atoms with E-state index in [-0.39, 0.29) is 11.7 Å². The Morgan fingerprint density at radius 3 is 2.64 bits per heavy atom. The monoisotopic (exact) mass is 190 g/mol. The van der Waals surface area contributed by atoms with Crippen molar-refractivity contribution in [3.63, 3.8) is 0 Å². The number of benzene rings is 1. The van der Waals surface area contributed by atoms with Crippen LogP contribution in [-0.2, 0) is 4.79 Å². The second-order valence-electron chi connectivity index (χ2n) is 3.51. The van der Waals surface area contributed by atoms with Crippen LogP contribution in [0, 0.1) is 5.92 Å². The number of phenols is 1. The molecule has 0 fully saturated rings. The van der Waals surface area contributed by atoms with Gasteiger partial charge >= 0.3 is 0 Å². The predicted molar refractivity (Wildman–Crippen MR) is 57.0 cm³/mol. The van der Waals surface area contributed by atoms with E-state index in [0.717, 1.165) is 17.4 Å². The molecule has 0 spiro atoms. The Bertz CT molecular complexity index is 351. The molecule has 0 heterocycles. The smallest absolute Gasteiger partial charge is 0.146 e. The highest BCUT2D eigenvalue weighted by atomic mass is 16.3. The number of hydrogen-bond donors (Lipinski definition) is 1. The van der Waals surface area contributed by atoms with Crippen molar-refractivity contribution in [2.75, 3.05) is 0 Å². The molecule has 0 aromatic heterocycles. The molecule has 0 aliphatic carbocycles. The van der Waals surface area contributed by atoms with E-state index in [1.807, 2.05) is 19.9 Å². The Hall–Kier alpha value is -1.57. The van der Waals surface area contributed by atoms with Gasteiger partial charge in [-0.25, -0.2) is 0 Å². The van der Waals surface area contributed by atoms with E-state index < -0.39 is 0 Å². The van der Waals surface area contributed by atoms with E-state index in [1.54, 1.807) is 24.3 Å². The van der Waals surface area contributed by atoms with E-state index in [2.05, 4.69) is 0 Å². The largest absolute Gasteiger partial charge is 0.508 e. The van der Waals surface area contributed by atoms with Crippen LogP contribution >= 0.6 is 0 Å². The highest BCUT2D eigenvalue weighted by molar-refractivity contribution is 5.82. The van der Waals surface area contributed by atoms with Crippen molar-refractivity contribution < 1.29 is 9.90 Å². The molecule has 74 valence electrons. The van der Waals surface area contributed by atoms with Crippen LogP contribution in [0.2, 0.25) is 0 Å². The minimum Gasteiger partial charge on any atom is -0.508 e. The van der Waals surface area contributed by atoms with Gasteiger partial charge in [0.2, 0.25) is 0 Å².